The first-order chi connectivity index (χ1) is 5.41. The van der Waals surface area contributed by atoms with Crippen molar-refractivity contribution in [3.8, 4) is 0 Å². The van der Waals surface area contributed by atoms with Gasteiger partial charge in [0.25, 0.3) is 0 Å². The molecular weight excluding hydrogens is 267 g/mol. The van der Waals surface area contributed by atoms with E-state index in [4.69, 9.17) is 16.7 Å². The summed E-state index contributed by atoms with van der Waals surface area (Å²) in [4.78, 5) is 3.42. The number of nitrogens with two attached hydrogens (primary N) is 1. The predicted octanol–water partition coefficient (Wildman–Crippen LogP) is 1.14. The Labute approximate surface area is 82.9 Å². The Bertz CT molecular complexity index is 406. The summed E-state index contributed by atoms with van der Waals surface area (Å²) >= 11 is 8.54. The van der Waals surface area contributed by atoms with Crippen LogP contribution in [0.2, 0.25) is 5.15 Å². The average molecular weight is 272 g/mol. The fourth-order valence-corrected chi connectivity index (χ4v) is 2.09. The Morgan fingerprint density at radius 2 is 2.17 bits per heavy atom. The fraction of sp³-hybridized carbons (Fsp3) is 0. The average Bonchev–Trinajstić information content (AvgIpc) is 1.92. The van der Waals surface area contributed by atoms with Gasteiger partial charge in [-0.15, -0.1) is 0 Å². The van der Waals surface area contributed by atoms with Crippen molar-refractivity contribution in [1.29, 1.82) is 0 Å². The Morgan fingerprint density at radius 3 is 2.58 bits per heavy atom. The van der Waals surface area contributed by atoms with Gasteiger partial charge >= 0.3 is 0 Å². The summed E-state index contributed by atoms with van der Waals surface area (Å²) in [6.45, 7) is 0. The molecule has 0 atom stereocenters. The molecule has 0 aliphatic carbocycles. The van der Waals surface area contributed by atoms with Gasteiger partial charge in [0.15, 0.2) is 0 Å². The molecule has 0 saturated heterocycles. The van der Waals surface area contributed by atoms with Crippen LogP contribution in [0, 0.1) is 0 Å². The Hall–Kier alpha value is -0.170. The van der Waals surface area contributed by atoms with E-state index in [0.29, 0.717) is 4.47 Å². The Kier molecular flexibility index (Phi) is 2.72. The van der Waals surface area contributed by atoms with Crippen LogP contribution in [0.3, 0.4) is 0 Å². The number of aromatic nitrogens is 1. The highest BCUT2D eigenvalue weighted by molar-refractivity contribution is 9.10. The Balaban J connectivity index is 3.43. The van der Waals surface area contributed by atoms with Crippen LogP contribution in [-0.4, -0.2) is 13.4 Å². The van der Waals surface area contributed by atoms with Gasteiger partial charge in [0.2, 0.25) is 10.0 Å². The SMILES string of the molecule is NS(=O)(=O)c1cc(Br)cnc1Cl. The number of sulfonamides is 1. The smallest absolute Gasteiger partial charge is 0.241 e. The zero-order valence-corrected chi connectivity index (χ0v) is 8.82. The molecule has 0 radical (unpaired) electrons. The first kappa shape index (κ1) is 9.91. The van der Waals surface area contributed by atoms with Gasteiger partial charge in [-0.25, -0.2) is 18.5 Å². The standard InChI is InChI=1S/C5H4BrClN2O2S/c6-3-1-4(12(8,10)11)5(7)9-2-3/h1-2H,(H2,8,10,11). The highest BCUT2D eigenvalue weighted by Crippen LogP contribution is 2.20. The molecule has 1 aromatic rings. The first-order valence-corrected chi connectivity index (χ1v) is 5.47. The zero-order valence-electron chi connectivity index (χ0n) is 5.66. The molecule has 66 valence electrons. The topological polar surface area (TPSA) is 73.1 Å². The van der Waals surface area contributed by atoms with Gasteiger partial charge in [-0.1, -0.05) is 11.6 Å². The van der Waals surface area contributed by atoms with Gasteiger partial charge in [0.1, 0.15) is 10.0 Å². The lowest BCUT2D eigenvalue weighted by Gasteiger charge is -1.99. The summed E-state index contributed by atoms with van der Waals surface area (Å²) in [7, 11) is -3.78. The van der Waals surface area contributed by atoms with Crippen LogP contribution in [0.5, 0.6) is 0 Å². The van der Waals surface area contributed by atoms with E-state index in [1.54, 1.807) is 0 Å². The van der Waals surface area contributed by atoms with Crippen LogP contribution in [-0.2, 0) is 10.0 Å². The minimum Gasteiger partial charge on any atom is -0.242 e. The summed E-state index contributed by atoms with van der Waals surface area (Å²) in [5.41, 5.74) is 0. The molecule has 0 saturated carbocycles. The number of primary sulfonamides is 1. The first-order valence-electron chi connectivity index (χ1n) is 2.75. The largest absolute Gasteiger partial charge is 0.242 e. The molecule has 0 aliphatic heterocycles. The molecule has 0 bridgehead atoms. The van der Waals surface area contributed by atoms with Crippen LogP contribution >= 0.6 is 27.5 Å². The molecular formula is C5H4BrClN2O2S. The molecule has 0 amide bonds. The molecule has 0 aliphatic rings. The van der Waals surface area contributed by atoms with Crippen molar-refractivity contribution >= 4 is 37.6 Å². The van der Waals surface area contributed by atoms with E-state index in [-0.39, 0.29) is 10.0 Å². The monoisotopic (exact) mass is 270 g/mol. The van der Waals surface area contributed by atoms with E-state index in [2.05, 4.69) is 20.9 Å². The van der Waals surface area contributed by atoms with Crippen LogP contribution in [0.1, 0.15) is 0 Å². The molecule has 2 N–H and O–H groups in total. The summed E-state index contributed by atoms with van der Waals surface area (Å²) in [6.07, 6.45) is 1.39. The summed E-state index contributed by atoms with van der Waals surface area (Å²) in [5.74, 6) is 0. The lowest BCUT2D eigenvalue weighted by molar-refractivity contribution is 0.597. The van der Waals surface area contributed by atoms with Crippen LogP contribution in [0.25, 0.3) is 0 Å². The Morgan fingerprint density at radius 1 is 1.58 bits per heavy atom. The van der Waals surface area contributed by atoms with Gasteiger partial charge in [-0.05, 0) is 22.0 Å². The summed E-state index contributed by atoms with van der Waals surface area (Å²) < 4.78 is 22.2. The van der Waals surface area contributed by atoms with Crippen molar-refractivity contribution in [3.63, 3.8) is 0 Å². The highest BCUT2D eigenvalue weighted by Gasteiger charge is 2.13. The third-order valence-corrected chi connectivity index (χ3v) is 2.85. The number of hydrogen-bond acceptors (Lipinski definition) is 3. The molecule has 4 nitrogen and oxygen atoms in total. The fourth-order valence-electron chi connectivity index (χ4n) is 0.604. The van der Waals surface area contributed by atoms with Crippen molar-refractivity contribution in [2.24, 2.45) is 5.14 Å². The van der Waals surface area contributed by atoms with Crippen LogP contribution in [0.4, 0.5) is 0 Å². The second kappa shape index (κ2) is 3.29. The van der Waals surface area contributed by atoms with E-state index in [1.807, 2.05) is 0 Å². The van der Waals surface area contributed by atoms with E-state index in [0.717, 1.165) is 0 Å². The van der Waals surface area contributed by atoms with E-state index in [9.17, 15) is 8.42 Å². The maximum Gasteiger partial charge on any atom is 0.241 e. The second-order valence-electron chi connectivity index (χ2n) is 1.99. The lowest BCUT2D eigenvalue weighted by Crippen LogP contribution is -2.13. The summed E-state index contributed by atoms with van der Waals surface area (Å²) in [5, 5.41) is 4.73. The van der Waals surface area contributed by atoms with Crippen LogP contribution in [0.15, 0.2) is 21.6 Å². The van der Waals surface area contributed by atoms with Crippen LogP contribution < -0.4 is 5.14 Å². The quantitative estimate of drug-likeness (QED) is 0.779. The van der Waals surface area contributed by atoms with Crippen molar-refractivity contribution in [1.82, 2.24) is 4.98 Å². The maximum absolute atomic E-state index is 10.8. The molecule has 1 rings (SSSR count). The maximum atomic E-state index is 10.8. The van der Waals surface area contributed by atoms with E-state index >= 15 is 0 Å². The van der Waals surface area contributed by atoms with Gasteiger partial charge in [0, 0.05) is 10.7 Å². The third-order valence-electron chi connectivity index (χ3n) is 1.08. The molecule has 0 aromatic carbocycles. The number of hydrogen-bond donors (Lipinski definition) is 1. The minimum absolute atomic E-state index is 0.124. The molecule has 1 aromatic heterocycles. The number of halogens is 2. The number of nitrogens with zero attached hydrogens (tertiary/aromatic N) is 1. The van der Waals surface area contributed by atoms with Gasteiger partial charge in [0.05, 0.1) is 0 Å². The van der Waals surface area contributed by atoms with Gasteiger partial charge in [-0.3, -0.25) is 0 Å². The predicted molar refractivity (Wildman–Crippen MR) is 48.3 cm³/mol. The molecule has 12 heavy (non-hydrogen) atoms. The molecule has 0 unspecified atom stereocenters. The normalized spacial score (nSPS) is 11.6. The molecule has 0 spiro atoms. The van der Waals surface area contributed by atoms with Crippen molar-refractivity contribution in [3.05, 3.63) is 21.9 Å². The third kappa shape index (κ3) is 2.16. The lowest BCUT2D eigenvalue weighted by atomic mass is 10.5. The minimum atomic E-state index is -3.78. The zero-order chi connectivity index (χ0) is 9.35. The van der Waals surface area contributed by atoms with Crippen molar-refractivity contribution in [2.75, 3.05) is 0 Å². The van der Waals surface area contributed by atoms with Crippen molar-refractivity contribution in [2.45, 2.75) is 4.90 Å². The molecule has 7 heteroatoms. The molecule has 1 heterocycles. The van der Waals surface area contributed by atoms with E-state index in [1.165, 1.54) is 12.3 Å². The number of pyridine rings is 1. The van der Waals surface area contributed by atoms with Crippen molar-refractivity contribution < 1.29 is 8.42 Å². The van der Waals surface area contributed by atoms with Gasteiger partial charge < -0.3 is 0 Å². The second-order valence-corrected chi connectivity index (χ2v) is 4.79. The number of rotatable bonds is 1. The van der Waals surface area contributed by atoms with Gasteiger partial charge in [-0.2, -0.15) is 0 Å². The highest BCUT2D eigenvalue weighted by atomic mass is 79.9. The van der Waals surface area contributed by atoms with E-state index < -0.39 is 10.0 Å². The molecule has 0 fully saturated rings. The summed E-state index contributed by atoms with van der Waals surface area (Å²) in [6, 6.07) is 1.30.